The van der Waals surface area contributed by atoms with Crippen LogP contribution in [0.5, 0.6) is 0 Å². The molecule has 1 aromatic heterocycles. The van der Waals surface area contributed by atoms with Crippen LogP contribution in [0.4, 0.5) is 13.2 Å². The highest BCUT2D eigenvalue weighted by molar-refractivity contribution is 5.53. The Balaban J connectivity index is 1.26. The second-order valence-corrected chi connectivity index (χ2v) is 8.37. The van der Waals surface area contributed by atoms with Crippen molar-refractivity contribution >= 4 is 0 Å². The SMILES string of the molecule is FC(F)(F)c1ccc(-c2nc(C3(CNC4CC4c4ccccc4)CCC3)no2)cc1. The summed E-state index contributed by atoms with van der Waals surface area (Å²) in [6.45, 7) is 0.785. The van der Waals surface area contributed by atoms with E-state index in [1.807, 2.05) is 6.07 Å². The standard InChI is InChI=1S/C23H22F3N3O/c24-23(25,26)17-9-7-16(8-10-17)20-28-21(29-30-20)22(11-4-12-22)14-27-19-13-18(19)15-5-2-1-3-6-15/h1-3,5-10,18-19,27H,4,11-14H2. The quantitative estimate of drug-likeness (QED) is 0.594. The van der Waals surface area contributed by atoms with Gasteiger partial charge in [0.2, 0.25) is 0 Å². The molecule has 2 atom stereocenters. The average molecular weight is 413 g/mol. The predicted molar refractivity (Wildman–Crippen MR) is 106 cm³/mol. The molecule has 2 fully saturated rings. The van der Waals surface area contributed by atoms with Crippen molar-refractivity contribution in [3.05, 3.63) is 71.5 Å². The van der Waals surface area contributed by atoms with Crippen LogP contribution in [0.1, 0.15) is 48.6 Å². The summed E-state index contributed by atoms with van der Waals surface area (Å²) < 4.78 is 43.7. The van der Waals surface area contributed by atoms with Crippen molar-refractivity contribution in [1.29, 1.82) is 0 Å². The van der Waals surface area contributed by atoms with Gasteiger partial charge >= 0.3 is 6.18 Å². The number of nitrogens with zero attached hydrogens (tertiary/aromatic N) is 2. The first-order chi connectivity index (χ1) is 14.4. The molecule has 0 spiro atoms. The molecule has 0 bridgehead atoms. The number of alkyl halides is 3. The van der Waals surface area contributed by atoms with Gasteiger partial charge in [0.25, 0.3) is 5.89 Å². The molecular formula is C23H22F3N3O. The van der Waals surface area contributed by atoms with Crippen LogP contribution >= 0.6 is 0 Å². The molecule has 2 aromatic carbocycles. The van der Waals surface area contributed by atoms with Crippen LogP contribution in [0.25, 0.3) is 11.5 Å². The molecule has 3 aromatic rings. The summed E-state index contributed by atoms with van der Waals surface area (Å²) in [5.41, 5.74) is 1.01. The minimum absolute atomic E-state index is 0.155. The van der Waals surface area contributed by atoms with Gasteiger partial charge in [-0.05, 0) is 49.1 Å². The molecule has 0 radical (unpaired) electrons. The first-order valence-corrected chi connectivity index (χ1v) is 10.2. The first-order valence-electron chi connectivity index (χ1n) is 10.2. The summed E-state index contributed by atoms with van der Waals surface area (Å²) in [5.74, 6) is 1.46. The van der Waals surface area contributed by atoms with Crippen molar-refractivity contribution in [1.82, 2.24) is 15.5 Å². The van der Waals surface area contributed by atoms with E-state index in [4.69, 9.17) is 4.52 Å². The molecular weight excluding hydrogens is 391 g/mol. The fourth-order valence-electron chi connectivity index (χ4n) is 4.26. The third-order valence-electron chi connectivity index (χ3n) is 6.39. The van der Waals surface area contributed by atoms with Gasteiger partial charge in [-0.2, -0.15) is 18.2 Å². The molecule has 2 saturated carbocycles. The van der Waals surface area contributed by atoms with Gasteiger partial charge in [0, 0.05) is 29.5 Å². The van der Waals surface area contributed by atoms with E-state index in [0.717, 1.165) is 44.4 Å². The molecule has 0 saturated heterocycles. The van der Waals surface area contributed by atoms with E-state index in [1.54, 1.807) is 0 Å². The maximum atomic E-state index is 12.8. The zero-order valence-corrected chi connectivity index (χ0v) is 16.3. The van der Waals surface area contributed by atoms with Crippen molar-refractivity contribution in [3.8, 4) is 11.5 Å². The Labute approximate surface area is 172 Å². The Morgan fingerprint density at radius 3 is 2.40 bits per heavy atom. The van der Waals surface area contributed by atoms with Crippen LogP contribution in [0.2, 0.25) is 0 Å². The highest BCUT2D eigenvalue weighted by Crippen LogP contribution is 2.45. The third-order valence-corrected chi connectivity index (χ3v) is 6.39. The van der Waals surface area contributed by atoms with E-state index in [2.05, 4.69) is 39.7 Å². The van der Waals surface area contributed by atoms with Crippen molar-refractivity contribution in [2.75, 3.05) is 6.54 Å². The smallest absolute Gasteiger partial charge is 0.334 e. The molecule has 4 nitrogen and oxygen atoms in total. The minimum Gasteiger partial charge on any atom is -0.334 e. The molecule has 5 rings (SSSR count). The van der Waals surface area contributed by atoms with Crippen LogP contribution in [0.15, 0.2) is 59.1 Å². The Morgan fingerprint density at radius 1 is 1.03 bits per heavy atom. The zero-order chi connectivity index (χ0) is 20.8. The molecule has 0 aliphatic heterocycles. The molecule has 2 unspecified atom stereocenters. The predicted octanol–water partition coefficient (Wildman–Crippen LogP) is 5.32. The van der Waals surface area contributed by atoms with Crippen LogP contribution in [0.3, 0.4) is 0 Å². The summed E-state index contributed by atoms with van der Waals surface area (Å²) in [6.07, 6.45) is -0.161. The molecule has 1 N–H and O–H groups in total. The lowest BCUT2D eigenvalue weighted by molar-refractivity contribution is -0.137. The summed E-state index contributed by atoms with van der Waals surface area (Å²) in [5, 5.41) is 7.86. The number of benzene rings is 2. The Kier molecular flexibility index (Phi) is 4.65. The second-order valence-electron chi connectivity index (χ2n) is 8.37. The van der Waals surface area contributed by atoms with Crippen molar-refractivity contribution in [2.24, 2.45) is 0 Å². The molecule has 2 aliphatic carbocycles. The van der Waals surface area contributed by atoms with Gasteiger partial charge in [0.05, 0.1) is 5.56 Å². The topological polar surface area (TPSA) is 51.0 Å². The number of hydrogen-bond acceptors (Lipinski definition) is 4. The fraction of sp³-hybridized carbons (Fsp3) is 0.391. The number of aromatic nitrogens is 2. The van der Waals surface area contributed by atoms with E-state index in [1.165, 1.54) is 17.7 Å². The summed E-state index contributed by atoms with van der Waals surface area (Å²) in [6, 6.07) is 15.8. The van der Waals surface area contributed by atoms with Crippen LogP contribution < -0.4 is 5.32 Å². The van der Waals surface area contributed by atoms with Gasteiger partial charge in [0.15, 0.2) is 5.82 Å². The van der Waals surface area contributed by atoms with Gasteiger partial charge in [0.1, 0.15) is 0 Å². The molecule has 2 aliphatic rings. The van der Waals surface area contributed by atoms with Gasteiger partial charge in [-0.3, -0.25) is 0 Å². The van der Waals surface area contributed by atoms with E-state index in [9.17, 15) is 13.2 Å². The molecule has 30 heavy (non-hydrogen) atoms. The maximum Gasteiger partial charge on any atom is 0.416 e. The number of hydrogen-bond donors (Lipinski definition) is 1. The highest BCUT2D eigenvalue weighted by Gasteiger charge is 2.46. The van der Waals surface area contributed by atoms with Crippen molar-refractivity contribution < 1.29 is 17.7 Å². The first kappa shape index (κ1) is 19.3. The second kappa shape index (κ2) is 7.23. The molecule has 7 heteroatoms. The van der Waals surface area contributed by atoms with Crippen LogP contribution in [0, 0.1) is 0 Å². The summed E-state index contributed by atoms with van der Waals surface area (Å²) >= 11 is 0. The lowest BCUT2D eigenvalue weighted by Crippen LogP contribution is -2.45. The van der Waals surface area contributed by atoms with E-state index in [0.29, 0.717) is 23.3 Å². The van der Waals surface area contributed by atoms with Crippen molar-refractivity contribution in [2.45, 2.75) is 49.2 Å². The monoisotopic (exact) mass is 413 g/mol. The minimum atomic E-state index is -4.36. The fourth-order valence-corrected chi connectivity index (χ4v) is 4.26. The van der Waals surface area contributed by atoms with Gasteiger partial charge in [-0.1, -0.05) is 41.9 Å². The van der Waals surface area contributed by atoms with Gasteiger partial charge in [-0.25, -0.2) is 0 Å². The van der Waals surface area contributed by atoms with Crippen molar-refractivity contribution in [3.63, 3.8) is 0 Å². The van der Waals surface area contributed by atoms with E-state index < -0.39 is 11.7 Å². The Hall–Kier alpha value is -2.67. The maximum absolute atomic E-state index is 12.8. The highest BCUT2D eigenvalue weighted by atomic mass is 19.4. The summed E-state index contributed by atoms with van der Waals surface area (Å²) in [7, 11) is 0. The number of halogens is 3. The lowest BCUT2D eigenvalue weighted by Gasteiger charge is -2.39. The third kappa shape index (κ3) is 3.62. The molecule has 0 amide bonds. The molecule has 1 heterocycles. The van der Waals surface area contributed by atoms with Gasteiger partial charge in [-0.15, -0.1) is 0 Å². The number of rotatable bonds is 6. The summed E-state index contributed by atoms with van der Waals surface area (Å²) in [4.78, 5) is 4.54. The normalized spacial score (nSPS) is 22.5. The number of nitrogens with one attached hydrogen (secondary N) is 1. The largest absolute Gasteiger partial charge is 0.416 e. The Bertz CT molecular complexity index is 1010. The van der Waals surface area contributed by atoms with E-state index >= 15 is 0 Å². The van der Waals surface area contributed by atoms with Gasteiger partial charge < -0.3 is 9.84 Å². The van der Waals surface area contributed by atoms with E-state index in [-0.39, 0.29) is 11.3 Å². The zero-order valence-electron chi connectivity index (χ0n) is 16.3. The van der Waals surface area contributed by atoms with Crippen LogP contribution in [-0.4, -0.2) is 22.7 Å². The van der Waals surface area contributed by atoms with Crippen LogP contribution in [-0.2, 0) is 11.6 Å². The average Bonchev–Trinajstić information content (AvgIpc) is 3.33. The lowest BCUT2D eigenvalue weighted by atomic mass is 9.68. The molecule has 156 valence electrons. The Morgan fingerprint density at radius 2 is 1.77 bits per heavy atom.